The first-order valence-corrected chi connectivity index (χ1v) is 52.0. The predicted molar refractivity (Wildman–Crippen MR) is 556 cm³/mol. The number of hydrogen-bond acceptors (Lipinski definition) is 5. The number of aliphatic carboxylic acids is 2. The van der Waals surface area contributed by atoms with E-state index in [-0.39, 0.29) is 11.8 Å². The molecule has 2 atom stereocenters. The summed E-state index contributed by atoms with van der Waals surface area (Å²) < 4.78 is 10.4. The highest BCUT2D eigenvalue weighted by atomic mass is 32.1. The molecule has 5 aliphatic carbocycles. The zero-order chi connectivity index (χ0) is 91.2. The lowest BCUT2D eigenvalue weighted by molar-refractivity contribution is -0.138. The Morgan fingerprint density at radius 2 is 0.634 bits per heavy atom. The molecule has 2 N–H and O–H groups in total. The molecule has 0 fully saturated rings. The number of rotatable bonds is 47. The Bertz CT molecular complexity index is 6010. The number of allylic oxidation sites excluding steroid dienone is 2. The topological polar surface area (TPSA) is 100 Å². The van der Waals surface area contributed by atoms with Crippen LogP contribution in [0.15, 0.2) is 219 Å². The number of aromatic nitrogens is 2. The molecule has 2 unspecified atom stereocenters. The lowest BCUT2D eigenvalue weighted by atomic mass is 9.67. The van der Waals surface area contributed by atoms with Crippen LogP contribution in [0.25, 0.3) is 111 Å². The van der Waals surface area contributed by atoms with E-state index in [4.69, 9.17) is 25.5 Å². The average Bonchev–Trinajstić information content (AvgIpc) is 1.50. The molecule has 0 saturated carbocycles. The highest BCUT2D eigenvalue weighted by molar-refractivity contribution is 7.00. The van der Waals surface area contributed by atoms with E-state index in [9.17, 15) is 9.59 Å². The van der Waals surface area contributed by atoms with E-state index in [0.717, 1.165) is 118 Å². The van der Waals surface area contributed by atoms with Crippen LogP contribution in [0.5, 0.6) is 0 Å². The zero-order valence-corrected chi connectivity index (χ0v) is 81.2. The molecule has 0 radical (unpaired) electrons. The van der Waals surface area contributed by atoms with Crippen LogP contribution in [-0.4, -0.2) is 30.9 Å². The van der Waals surface area contributed by atoms with Crippen molar-refractivity contribution in [2.24, 2.45) is 0 Å². The summed E-state index contributed by atoms with van der Waals surface area (Å²) in [5.74, 6) is -1.01. The Labute approximate surface area is 789 Å². The number of aryl methyl sites for hydroxylation is 4. The summed E-state index contributed by atoms with van der Waals surface area (Å²) in [6.45, 7) is 27.8. The van der Waals surface area contributed by atoms with Crippen molar-refractivity contribution in [1.82, 2.24) is 8.75 Å². The molecule has 6 nitrogen and oxygen atoms in total. The molecule has 5 aliphatic rings. The van der Waals surface area contributed by atoms with Gasteiger partial charge in [-0.2, -0.15) is 8.75 Å². The van der Waals surface area contributed by atoms with Gasteiger partial charge in [0.15, 0.2) is 0 Å². The number of benzene rings is 11. The summed E-state index contributed by atoms with van der Waals surface area (Å²) in [7, 11) is 0. The molecule has 1 spiro atoms. The number of carboxylic acid groups (broad SMARTS) is 2. The molecule has 680 valence electrons. The van der Waals surface area contributed by atoms with Crippen LogP contribution in [0.1, 0.15) is 368 Å². The van der Waals surface area contributed by atoms with E-state index in [0.29, 0.717) is 12.3 Å². The molecular formula is C124H144N2O4S. The normalized spacial score (nSPS) is 15.0. The van der Waals surface area contributed by atoms with Crippen molar-refractivity contribution in [2.45, 2.75) is 334 Å². The molecule has 1 heterocycles. The molecule has 17 rings (SSSR count). The highest BCUT2D eigenvalue weighted by Crippen LogP contribution is 2.65. The number of unbranched alkanes of at least 4 members (excludes halogenated alkanes) is 27. The number of carboxylic acids is 2. The Kier molecular flexibility index (Phi) is 30.9. The first-order valence-electron chi connectivity index (χ1n) is 51.3. The summed E-state index contributed by atoms with van der Waals surface area (Å²) in [5, 5.41) is 17.5. The minimum absolute atomic E-state index is 0.162. The maximum Gasteiger partial charge on any atom is 0.303 e. The van der Waals surface area contributed by atoms with Crippen LogP contribution < -0.4 is 0 Å². The van der Waals surface area contributed by atoms with Crippen molar-refractivity contribution in [3.05, 3.63) is 297 Å². The van der Waals surface area contributed by atoms with Gasteiger partial charge in [-0.25, -0.2) is 0 Å². The second-order valence-corrected chi connectivity index (χ2v) is 40.4. The van der Waals surface area contributed by atoms with Crippen molar-refractivity contribution in [3.63, 3.8) is 0 Å². The summed E-state index contributed by atoms with van der Waals surface area (Å²) in [5.41, 5.74) is 45.4. The molecule has 7 heteroatoms. The number of hydrogen-bond donors (Lipinski definition) is 2. The summed E-state index contributed by atoms with van der Waals surface area (Å²) in [6.07, 6.45) is 47.3. The quantitative estimate of drug-likeness (QED) is 0.0291. The Balaban J connectivity index is 0.000000894. The third kappa shape index (κ3) is 19.3. The van der Waals surface area contributed by atoms with Gasteiger partial charge in [-0.1, -0.05) is 406 Å². The fourth-order valence-corrected chi connectivity index (χ4v) is 24.5. The fraction of sp³-hybridized carbons (Fsp3) is 0.419. The van der Waals surface area contributed by atoms with Crippen molar-refractivity contribution in [3.8, 4) is 100 Å². The van der Waals surface area contributed by atoms with Gasteiger partial charge in [0.05, 0.1) is 17.1 Å². The van der Waals surface area contributed by atoms with Gasteiger partial charge in [-0.15, -0.1) is 6.58 Å². The molecule has 131 heavy (non-hydrogen) atoms. The lowest BCUT2D eigenvalue weighted by Gasteiger charge is -2.36. The molecule has 0 aliphatic heterocycles. The van der Waals surface area contributed by atoms with Crippen molar-refractivity contribution in [1.29, 1.82) is 0 Å². The van der Waals surface area contributed by atoms with Gasteiger partial charge < -0.3 is 10.2 Å². The largest absolute Gasteiger partial charge is 0.481 e. The van der Waals surface area contributed by atoms with Crippen molar-refractivity contribution >= 4 is 34.7 Å². The summed E-state index contributed by atoms with van der Waals surface area (Å²) in [4.78, 5) is 21.2. The third-order valence-corrected chi connectivity index (χ3v) is 31.3. The van der Waals surface area contributed by atoms with E-state index in [1.807, 2.05) is 0 Å². The van der Waals surface area contributed by atoms with Crippen LogP contribution in [0.4, 0.5) is 0 Å². The minimum Gasteiger partial charge on any atom is -0.481 e. The average molecular weight is 1760 g/mol. The van der Waals surface area contributed by atoms with Gasteiger partial charge in [0.25, 0.3) is 0 Å². The van der Waals surface area contributed by atoms with Gasteiger partial charge in [0.1, 0.15) is 11.0 Å². The smallest absolute Gasteiger partial charge is 0.303 e. The Hall–Kier alpha value is -10.3. The first-order chi connectivity index (χ1) is 64.0. The van der Waals surface area contributed by atoms with Crippen LogP contribution in [-0.2, 0) is 25.8 Å². The van der Waals surface area contributed by atoms with E-state index in [1.165, 1.54) is 332 Å². The maximum atomic E-state index is 11.1. The van der Waals surface area contributed by atoms with Gasteiger partial charge in [0, 0.05) is 40.7 Å². The highest BCUT2D eigenvalue weighted by Gasteiger charge is 2.53. The minimum atomic E-state index is -0.684. The first kappa shape index (κ1) is 93.9. The van der Waals surface area contributed by atoms with Crippen molar-refractivity contribution < 1.29 is 19.8 Å². The Morgan fingerprint density at radius 3 is 1.07 bits per heavy atom. The number of fused-ring (bicyclic) bond motifs is 20. The van der Waals surface area contributed by atoms with Gasteiger partial charge in [-0.05, 0) is 273 Å². The van der Waals surface area contributed by atoms with Gasteiger partial charge >= 0.3 is 11.9 Å². The molecule has 11 aromatic carbocycles. The molecule has 1 aromatic heterocycles. The van der Waals surface area contributed by atoms with Crippen LogP contribution in [0.2, 0.25) is 0 Å². The molecule has 0 saturated heterocycles. The van der Waals surface area contributed by atoms with Gasteiger partial charge in [0.2, 0.25) is 0 Å². The maximum absolute atomic E-state index is 11.1. The second kappa shape index (κ2) is 43.1. The van der Waals surface area contributed by atoms with E-state index < -0.39 is 22.8 Å². The molecular weight excluding hydrogens is 1610 g/mol. The molecule has 12 aromatic rings. The summed E-state index contributed by atoms with van der Waals surface area (Å²) in [6, 6.07) is 78.7. The lowest BCUT2D eigenvalue weighted by Crippen LogP contribution is -2.28. The predicted octanol–water partition coefficient (Wildman–Crippen LogP) is 36.2. The van der Waals surface area contributed by atoms with Crippen LogP contribution in [0.3, 0.4) is 0 Å². The van der Waals surface area contributed by atoms with Crippen LogP contribution >= 0.6 is 11.7 Å². The zero-order valence-electron chi connectivity index (χ0n) is 80.3. The third-order valence-electron chi connectivity index (χ3n) is 30.8. The summed E-state index contributed by atoms with van der Waals surface area (Å²) >= 11 is 1.33. The standard InChI is InChI=1S/C113H122N2O2S.C11H22O2/c1-10-14-18-21-29-33-61-111(62-34-30-22-19-15-11-2)100-69-79(43-54-90(100)91-55-44-80(70-101(91)111)82-46-57-97-96-52-42-77(8)67-106(96)113(107(97)72-82)104-65-75(6)40-50-94(104)95-51-41-76(7)66-105(95)113)81-45-56-92-93-58-48-84(73-103(93)112(102(92)71-81,63-35-20-16-12-3)78(9)36-17-13-4)86-60-59-85(109-110(86)115-118-114-109)83-47-53-89-88-49-39-74(5)64-98(88)87(99(89)68-83)37-31-27-25-23-24-26-28-32-38-108(116)117;1-2-3-4-5-6-7-8-9-10-11(12)13/h12,39-60,64-73,87H,3,9-11,13-38,61-63H2,1-2,4-8H3,(H,116,117);2-10H2,1H3,(H,12,13). The number of nitrogens with zero attached hydrogens (tertiary/aromatic N) is 2. The SMILES string of the molecule is C=CCCCCC1(C(=C)CCCC)c2cc(-c3ccc4c(c3)C(CCCCCCCC)(CCCCCCCC)c3cc(-c5ccc6c(c5)C5(c7cc(C)ccc7-c7ccc(C)cc75)c5cc(C)ccc5-6)ccc3-4)ccc2-c2ccc(-c3ccc(-c4ccc5c(c4)C(CCCCCCCCCCC(=O)O)c4cc(C)ccc4-5)c4nsnc34)cc21.CCCCCCCCCCC(=O)O. The Morgan fingerprint density at radius 1 is 0.321 bits per heavy atom. The monoisotopic (exact) mass is 1760 g/mol. The number of carbonyl (C=O) groups is 2. The van der Waals surface area contributed by atoms with E-state index in [1.54, 1.807) is 0 Å². The molecule has 0 bridgehead atoms. The van der Waals surface area contributed by atoms with Gasteiger partial charge in [-0.3, -0.25) is 9.59 Å². The fourth-order valence-electron chi connectivity index (χ4n) is 23.9. The van der Waals surface area contributed by atoms with Crippen LogP contribution in [0, 0.1) is 27.7 Å². The van der Waals surface area contributed by atoms with E-state index in [2.05, 4.69) is 262 Å². The molecule has 0 amide bonds. The second-order valence-electron chi connectivity index (χ2n) is 39.9. The van der Waals surface area contributed by atoms with Crippen molar-refractivity contribution in [2.75, 3.05) is 0 Å². The van der Waals surface area contributed by atoms with E-state index >= 15 is 0 Å².